The van der Waals surface area contributed by atoms with Crippen molar-refractivity contribution in [2.75, 3.05) is 6.54 Å². The number of carbonyl (C=O) groups is 2. The average Bonchev–Trinajstić information content (AvgIpc) is 2.76. The van der Waals surface area contributed by atoms with E-state index in [1.165, 1.54) is 51.4 Å². The first-order chi connectivity index (χ1) is 13.1. The summed E-state index contributed by atoms with van der Waals surface area (Å²) in [5.41, 5.74) is -1.06. The number of rotatable bonds is 11. The SMILES string of the molecule is CCCCCCCCCCCCN1C(=O)NC(=O)C12CC(C)(C)NC(C)(C)C2. The zero-order valence-corrected chi connectivity index (χ0v) is 19.0. The summed E-state index contributed by atoms with van der Waals surface area (Å²) in [5.74, 6) is -0.104. The Balaban J connectivity index is 1.81. The van der Waals surface area contributed by atoms with Crippen LogP contribution in [0.25, 0.3) is 0 Å². The summed E-state index contributed by atoms with van der Waals surface area (Å²) in [6.07, 6.45) is 14.0. The molecule has 3 amide bonds. The fourth-order valence-corrected chi connectivity index (χ4v) is 5.55. The monoisotopic (exact) mass is 393 g/mol. The lowest BCUT2D eigenvalue weighted by Gasteiger charge is -2.52. The van der Waals surface area contributed by atoms with E-state index in [9.17, 15) is 9.59 Å². The number of nitrogens with zero attached hydrogens (tertiary/aromatic N) is 1. The highest BCUT2D eigenvalue weighted by molar-refractivity contribution is 6.07. The maximum absolute atomic E-state index is 12.8. The third-order valence-corrected chi connectivity index (χ3v) is 6.29. The predicted molar refractivity (Wildman–Crippen MR) is 115 cm³/mol. The summed E-state index contributed by atoms with van der Waals surface area (Å²) in [6.45, 7) is 11.5. The van der Waals surface area contributed by atoms with Gasteiger partial charge in [0.25, 0.3) is 5.91 Å². The number of nitrogens with one attached hydrogen (secondary N) is 2. The van der Waals surface area contributed by atoms with Crippen molar-refractivity contribution in [1.82, 2.24) is 15.5 Å². The number of piperidine rings is 1. The van der Waals surface area contributed by atoms with Gasteiger partial charge in [-0.15, -0.1) is 0 Å². The number of hydrogen-bond acceptors (Lipinski definition) is 3. The summed E-state index contributed by atoms with van der Waals surface area (Å²) >= 11 is 0. The van der Waals surface area contributed by atoms with Crippen LogP contribution in [0, 0.1) is 0 Å². The van der Waals surface area contributed by atoms with Crippen molar-refractivity contribution < 1.29 is 9.59 Å². The molecule has 0 radical (unpaired) electrons. The van der Waals surface area contributed by atoms with Crippen LogP contribution in [0.2, 0.25) is 0 Å². The summed E-state index contributed by atoms with van der Waals surface area (Å²) in [6, 6.07) is -0.200. The van der Waals surface area contributed by atoms with Crippen LogP contribution in [0.1, 0.15) is 112 Å². The van der Waals surface area contributed by atoms with Crippen LogP contribution in [0.3, 0.4) is 0 Å². The van der Waals surface area contributed by atoms with E-state index in [1.54, 1.807) is 0 Å². The fourth-order valence-electron chi connectivity index (χ4n) is 5.55. The molecular weight excluding hydrogens is 350 g/mol. The van der Waals surface area contributed by atoms with Crippen molar-refractivity contribution in [2.45, 2.75) is 128 Å². The summed E-state index contributed by atoms with van der Waals surface area (Å²) in [7, 11) is 0. The first-order valence-corrected chi connectivity index (χ1v) is 11.5. The van der Waals surface area contributed by atoms with Crippen LogP contribution < -0.4 is 10.6 Å². The predicted octanol–water partition coefficient (Wildman–Crippen LogP) is 5.14. The Morgan fingerprint density at radius 1 is 0.786 bits per heavy atom. The first-order valence-electron chi connectivity index (χ1n) is 11.5. The molecule has 0 bridgehead atoms. The van der Waals surface area contributed by atoms with Gasteiger partial charge in [0.2, 0.25) is 0 Å². The van der Waals surface area contributed by atoms with Crippen molar-refractivity contribution in [2.24, 2.45) is 0 Å². The number of imide groups is 1. The summed E-state index contributed by atoms with van der Waals surface area (Å²) < 4.78 is 0. The van der Waals surface area contributed by atoms with E-state index in [4.69, 9.17) is 0 Å². The van der Waals surface area contributed by atoms with Gasteiger partial charge in [0.15, 0.2) is 0 Å². The summed E-state index contributed by atoms with van der Waals surface area (Å²) in [5, 5.41) is 6.24. The van der Waals surface area contributed by atoms with Crippen LogP contribution in [-0.2, 0) is 4.79 Å². The number of carbonyl (C=O) groups excluding carboxylic acids is 2. The van der Waals surface area contributed by atoms with Gasteiger partial charge in [0.1, 0.15) is 5.54 Å². The van der Waals surface area contributed by atoms with Gasteiger partial charge in [-0.2, -0.15) is 0 Å². The number of urea groups is 1. The zero-order valence-electron chi connectivity index (χ0n) is 19.0. The third-order valence-electron chi connectivity index (χ3n) is 6.29. The minimum Gasteiger partial charge on any atom is -0.310 e. The third kappa shape index (κ3) is 5.95. The molecule has 0 aromatic heterocycles. The molecule has 28 heavy (non-hydrogen) atoms. The van der Waals surface area contributed by atoms with E-state index >= 15 is 0 Å². The van der Waals surface area contributed by atoms with E-state index in [1.807, 2.05) is 4.90 Å². The normalized spacial score (nSPS) is 22.7. The molecule has 0 unspecified atom stereocenters. The van der Waals surface area contributed by atoms with Gasteiger partial charge >= 0.3 is 6.03 Å². The molecule has 2 aliphatic heterocycles. The molecule has 1 spiro atoms. The second-order valence-electron chi connectivity index (χ2n) is 10.4. The molecule has 2 rings (SSSR count). The minimum absolute atomic E-state index is 0.104. The lowest BCUT2D eigenvalue weighted by atomic mass is 9.70. The van der Waals surface area contributed by atoms with Crippen LogP contribution in [0.15, 0.2) is 0 Å². The van der Waals surface area contributed by atoms with E-state index in [2.05, 4.69) is 45.3 Å². The highest BCUT2D eigenvalue weighted by Crippen LogP contribution is 2.42. The fraction of sp³-hybridized carbons (Fsp3) is 0.913. The largest absolute Gasteiger partial charge is 0.325 e. The highest BCUT2D eigenvalue weighted by atomic mass is 16.2. The van der Waals surface area contributed by atoms with E-state index in [0.717, 1.165) is 12.8 Å². The Morgan fingerprint density at radius 2 is 1.25 bits per heavy atom. The van der Waals surface area contributed by atoms with Gasteiger partial charge < -0.3 is 10.2 Å². The minimum atomic E-state index is -0.700. The smallest absolute Gasteiger partial charge is 0.310 e. The van der Waals surface area contributed by atoms with Crippen molar-refractivity contribution in [3.8, 4) is 0 Å². The molecule has 2 fully saturated rings. The second-order valence-corrected chi connectivity index (χ2v) is 10.4. The van der Waals surface area contributed by atoms with Gasteiger partial charge in [-0.05, 0) is 47.0 Å². The van der Waals surface area contributed by atoms with Gasteiger partial charge in [-0.3, -0.25) is 10.1 Å². The molecule has 2 N–H and O–H groups in total. The molecule has 5 heteroatoms. The van der Waals surface area contributed by atoms with Gasteiger partial charge in [-0.1, -0.05) is 64.7 Å². The van der Waals surface area contributed by atoms with Crippen molar-refractivity contribution in [3.05, 3.63) is 0 Å². The molecule has 2 heterocycles. The molecule has 162 valence electrons. The molecule has 0 atom stereocenters. The molecule has 0 aromatic rings. The Morgan fingerprint density at radius 3 is 1.75 bits per heavy atom. The van der Waals surface area contributed by atoms with E-state index < -0.39 is 5.54 Å². The van der Waals surface area contributed by atoms with Crippen molar-refractivity contribution >= 4 is 11.9 Å². The number of hydrogen-bond donors (Lipinski definition) is 2. The van der Waals surface area contributed by atoms with Crippen molar-refractivity contribution in [1.29, 1.82) is 0 Å². The van der Waals surface area contributed by atoms with Crippen molar-refractivity contribution in [3.63, 3.8) is 0 Å². The standard InChI is InChI=1S/C23H43N3O2/c1-6-7-8-9-10-11-12-13-14-15-16-26-20(28)24-19(27)23(26)17-21(2,3)25-22(4,5)18-23/h25H,6-18H2,1-5H3,(H,24,27,28). The quantitative estimate of drug-likeness (QED) is 0.377. The Labute approximate surface area is 172 Å². The molecule has 0 saturated carbocycles. The summed E-state index contributed by atoms with van der Waals surface area (Å²) in [4.78, 5) is 27.2. The number of unbranched alkanes of at least 4 members (excludes halogenated alkanes) is 9. The van der Waals surface area contributed by atoms with Gasteiger partial charge in [-0.25, -0.2) is 4.79 Å². The second kappa shape index (κ2) is 9.60. The average molecular weight is 394 g/mol. The number of amides is 3. The maximum atomic E-state index is 12.8. The Hall–Kier alpha value is -1.10. The first kappa shape index (κ1) is 23.2. The molecule has 2 saturated heterocycles. The lowest BCUT2D eigenvalue weighted by molar-refractivity contribution is -0.131. The zero-order chi connectivity index (χ0) is 20.8. The Bertz CT molecular complexity index is 526. The molecular formula is C23H43N3O2. The van der Waals surface area contributed by atoms with Crippen LogP contribution in [-0.4, -0.2) is 40.0 Å². The molecule has 2 aliphatic rings. The maximum Gasteiger partial charge on any atom is 0.325 e. The highest BCUT2D eigenvalue weighted by Gasteiger charge is 2.59. The van der Waals surface area contributed by atoms with Crippen LogP contribution in [0.4, 0.5) is 4.79 Å². The van der Waals surface area contributed by atoms with E-state index in [0.29, 0.717) is 19.4 Å². The van der Waals surface area contributed by atoms with Gasteiger partial charge in [0, 0.05) is 17.6 Å². The molecule has 0 aliphatic carbocycles. The Kier molecular flexibility index (Phi) is 7.95. The van der Waals surface area contributed by atoms with Crippen LogP contribution in [0.5, 0.6) is 0 Å². The lowest BCUT2D eigenvalue weighted by Crippen LogP contribution is -2.69. The van der Waals surface area contributed by atoms with Gasteiger partial charge in [0.05, 0.1) is 0 Å². The topological polar surface area (TPSA) is 61.4 Å². The molecule has 5 nitrogen and oxygen atoms in total. The molecule has 0 aromatic carbocycles. The van der Waals surface area contributed by atoms with E-state index in [-0.39, 0.29) is 23.0 Å². The van der Waals surface area contributed by atoms with Crippen LogP contribution >= 0.6 is 0 Å².